The normalized spacial score (nSPS) is 11.6. The van der Waals surface area contributed by atoms with Gasteiger partial charge in [-0.05, 0) is 42.0 Å². The maximum absolute atomic E-state index is 13.1. The van der Waals surface area contributed by atoms with Gasteiger partial charge in [-0.2, -0.15) is 0 Å². The molecule has 2 aromatic rings. The van der Waals surface area contributed by atoms with E-state index in [4.69, 9.17) is 16.7 Å². The standard InChI is InChI=1S/C17H17ClFN3O3S/c1-22(2)16-7-5-12(26(20,24)25)10-15(16)21-17(23)8-4-11-3-6-14(19)13(18)9-11/h3-10H,1-2H3,(H,21,23)(H2,20,24,25)/b8-4+. The third kappa shape index (κ3) is 5.04. The summed E-state index contributed by atoms with van der Waals surface area (Å²) >= 11 is 5.69. The first-order valence-electron chi connectivity index (χ1n) is 7.36. The zero-order chi connectivity index (χ0) is 19.5. The Morgan fingerprint density at radius 2 is 1.92 bits per heavy atom. The van der Waals surface area contributed by atoms with Gasteiger partial charge in [0.25, 0.3) is 0 Å². The van der Waals surface area contributed by atoms with Gasteiger partial charge in [0.15, 0.2) is 0 Å². The first-order valence-corrected chi connectivity index (χ1v) is 9.28. The van der Waals surface area contributed by atoms with Crippen LogP contribution in [0.3, 0.4) is 0 Å². The van der Waals surface area contributed by atoms with Crippen molar-refractivity contribution in [2.24, 2.45) is 5.14 Å². The lowest BCUT2D eigenvalue weighted by Gasteiger charge is -2.18. The number of nitrogens with two attached hydrogens (primary N) is 1. The third-order valence-electron chi connectivity index (χ3n) is 3.41. The van der Waals surface area contributed by atoms with E-state index in [1.54, 1.807) is 25.1 Å². The van der Waals surface area contributed by atoms with E-state index < -0.39 is 21.7 Å². The summed E-state index contributed by atoms with van der Waals surface area (Å²) in [4.78, 5) is 13.8. The highest BCUT2D eigenvalue weighted by atomic mass is 35.5. The Hall–Kier alpha value is -2.42. The Balaban J connectivity index is 2.26. The van der Waals surface area contributed by atoms with Crippen molar-refractivity contribution in [2.75, 3.05) is 24.3 Å². The zero-order valence-corrected chi connectivity index (χ0v) is 15.6. The summed E-state index contributed by atoms with van der Waals surface area (Å²) in [5, 5.41) is 7.69. The SMILES string of the molecule is CN(C)c1ccc(S(N)(=O)=O)cc1NC(=O)/C=C/c1ccc(F)c(Cl)c1. The minimum absolute atomic E-state index is 0.0525. The summed E-state index contributed by atoms with van der Waals surface area (Å²) in [5.41, 5.74) is 1.43. The Morgan fingerprint density at radius 1 is 1.23 bits per heavy atom. The van der Waals surface area contributed by atoms with Crippen molar-refractivity contribution in [3.63, 3.8) is 0 Å². The molecule has 0 saturated carbocycles. The van der Waals surface area contributed by atoms with Crippen LogP contribution in [0.1, 0.15) is 5.56 Å². The largest absolute Gasteiger partial charge is 0.376 e. The zero-order valence-electron chi connectivity index (χ0n) is 14.0. The lowest BCUT2D eigenvalue weighted by molar-refractivity contribution is -0.111. The molecule has 0 aliphatic rings. The van der Waals surface area contributed by atoms with Crippen molar-refractivity contribution >= 4 is 45.0 Å². The summed E-state index contributed by atoms with van der Waals surface area (Å²) in [5.74, 6) is -1.05. The highest BCUT2D eigenvalue weighted by Gasteiger charge is 2.14. The molecule has 2 rings (SSSR count). The molecule has 2 aromatic carbocycles. The van der Waals surface area contributed by atoms with E-state index in [2.05, 4.69) is 5.32 Å². The van der Waals surface area contributed by atoms with Crippen LogP contribution in [0.4, 0.5) is 15.8 Å². The molecule has 0 saturated heterocycles. The third-order valence-corrected chi connectivity index (χ3v) is 4.61. The van der Waals surface area contributed by atoms with Crippen molar-refractivity contribution in [3.8, 4) is 0 Å². The number of anilines is 2. The van der Waals surface area contributed by atoms with Gasteiger partial charge in [0.05, 0.1) is 21.3 Å². The molecule has 0 atom stereocenters. The number of hydrogen-bond acceptors (Lipinski definition) is 4. The van der Waals surface area contributed by atoms with E-state index in [0.717, 1.165) is 0 Å². The number of nitrogens with one attached hydrogen (secondary N) is 1. The molecular weight excluding hydrogens is 381 g/mol. The number of sulfonamides is 1. The van der Waals surface area contributed by atoms with Crippen LogP contribution >= 0.6 is 11.6 Å². The molecule has 0 aliphatic heterocycles. The van der Waals surface area contributed by atoms with Gasteiger partial charge < -0.3 is 10.2 Å². The van der Waals surface area contributed by atoms with Crippen LogP contribution in [0.2, 0.25) is 5.02 Å². The van der Waals surface area contributed by atoms with E-state index >= 15 is 0 Å². The number of primary sulfonamides is 1. The van der Waals surface area contributed by atoms with E-state index in [0.29, 0.717) is 11.3 Å². The molecule has 9 heteroatoms. The van der Waals surface area contributed by atoms with E-state index in [1.165, 1.54) is 42.5 Å². The predicted octanol–water partition coefficient (Wildman–Crippen LogP) is 2.84. The number of nitrogens with zero attached hydrogens (tertiary/aromatic N) is 1. The smallest absolute Gasteiger partial charge is 0.248 e. The summed E-state index contributed by atoms with van der Waals surface area (Å²) in [7, 11) is -0.410. The van der Waals surface area contributed by atoms with Crippen LogP contribution in [-0.4, -0.2) is 28.4 Å². The summed E-state index contributed by atoms with van der Waals surface area (Å²) in [6.07, 6.45) is 2.69. The molecule has 0 unspecified atom stereocenters. The molecule has 6 nitrogen and oxygen atoms in total. The first-order chi connectivity index (χ1) is 12.1. The minimum Gasteiger partial charge on any atom is -0.376 e. The van der Waals surface area contributed by atoms with Gasteiger partial charge in [-0.15, -0.1) is 0 Å². The van der Waals surface area contributed by atoms with E-state index in [9.17, 15) is 17.6 Å². The summed E-state index contributed by atoms with van der Waals surface area (Å²) < 4.78 is 36.2. The fourth-order valence-electron chi connectivity index (χ4n) is 2.14. The quantitative estimate of drug-likeness (QED) is 0.759. The number of rotatable bonds is 5. The number of carbonyl (C=O) groups is 1. The second-order valence-electron chi connectivity index (χ2n) is 5.61. The molecule has 0 aromatic heterocycles. The number of carbonyl (C=O) groups excluding carboxylic acids is 1. The highest BCUT2D eigenvalue weighted by Crippen LogP contribution is 2.27. The molecule has 0 fully saturated rings. The van der Waals surface area contributed by atoms with Gasteiger partial charge in [0, 0.05) is 20.2 Å². The average Bonchev–Trinajstić information content (AvgIpc) is 2.55. The highest BCUT2D eigenvalue weighted by molar-refractivity contribution is 7.89. The van der Waals surface area contributed by atoms with Crippen LogP contribution in [0.5, 0.6) is 0 Å². The molecule has 0 bridgehead atoms. The fraction of sp³-hybridized carbons (Fsp3) is 0.118. The van der Waals surface area contributed by atoms with Crippen molar-refractivity contribution in [3.05, 3.63) is 58.9 Å². The molecule has 3 N–H and O–H groups in total. The second-order valence-corrected chi connectivity index (χ2v) is 7.58. The van der Waals surface area contributed by atoms with Gasteiger partial charge in [-0.1, -0.05) is 17.7 Å². The van der Waals surface area contributed by atoms with Gasteiger partial charge in [0.1, 0.15) is 5.82 Å². The van der Waals surface area contributed by atoms with Crippen LogP contribution < -0.4 is 15.4 Å². The monoisotopic (exact) mass is 397 g/mol. The number of amides is 1. The number of hydrogen-bond donors (Lipinski definition) is 2. The van der Waals surface area contributed by atoms with Gasteiger partial charge in [0.2, 0.25) is 15.9 Å². The van der Waals surface area contributed by atoms with Crippen molar-refractivity contribution in [1.82, 2.24) is 0 Å². The van der Waals surface area contributed by atoms with E-state index in [1.807, 2.05) is 0 Å². The number of benzene rings is 2. The Labute approximate surface area is 156 Å². The van der Waals surface area contributed by atoms with Crippen LogP contribution in [0, 0.1) is 5.82 Å². The molecule has 0 aliphatic carbocycles. The lowest BCUT2D eigenvalue weighted by atomic mass is 10.2. The molecule has 0 heterocycles. The number of halogens is 2. The van der Waals surface area contributed by atoms with Gasteiger partial charge in [-0.25, -0.2) is 17.9 Å². The van der Waals surface area contributed by atoms with Gasteiger partial charge in [-0.3, -0.25) is 4.79 Å². The molecule has 138 valence electrons. The Kier molecular flexibility index (Phi) is 6.01. The molecule has 1 amide bonds. The molecular formula is C17H17ClFN3O3S. The minimum atomic E-state index is -3.91. The molecule has 26 heavy (non-hydrogen) atoms. The van der Waals surface area contributed by atoms with Crippen LogP contribution in [0.25, 0.3) is 6.08 Å². The summed E-state index contributed by atoms with van der Waals surface area (Å²) in [6.45, 7) is 0. The topological polar surface area (TPSA) is 92.5 Å². The summed E-state index contributed by atoms with van der Waals surface area (Å²) in [6, 6.07) is 8.23. The maximum Gasteiger partial charge on any atom is 0.248 e. The van der Waals surface area contributed by atoms with Crippen LogP contribution in [-0.2, 0) is 14.8 Å². The fourth-order valence-corrected chi connectivity index (χ4v) is 2.87. The molecule has 0 radical (unpaired) electrons. The molecule has 0 spiro atoms. The van der Waals surface area contributed by atoms with Crippen molar-refractivity contribution < 1.29 is 17.6 Å². The second kappa shape index (κ2) is 7.86. The van der Waals surface area contributed by atoms with Crippen molar-refractivity contribution in [1.29, 1.82) is 0 Å². The average molecular weight is 398 g/mol. The first kappa shape index (κ1) is 19.9. The van der Waals surface area contributed by atoms with E-state index in [-0.39, 0.29) is 15.6 Å². The Morgan fingerprint density at radius 3 is 2.50 bits per heavy atom. The van der Waals surface area contributed by atoms with Crippen LogP contribution in [0.15, 0.2) is 47.4 Å². The lowest BCUT2D eigenvalue weighted by Crippen LogP contribution is -2.17. The van der Waals surface area contributed by atoms with Gasteiger partial charge >= 0.3 is 0 Å². The Bertz CT molecular complexity index is 975. The predicted molar refractivity (Wildman–Crippen MR) is 101 cm³/mol. The maximum atomic E-state index is 13.1. The van der Waals surface area contributed by atoms with Crippen molar-refractivity contribution in [2.45, 2.75) is 4.90 Å².